The Labute approximate surface area is 304 Å². The highest BCUT2D eigenvalue weighted by Gasteiger charge is 2.30. The van der Waals surface area contributed by atoms with Crippen LogP contribution in [0.5, 0.6) is 0 Å². The van der Waals surface area contributed by atoms with Gasteiger partial charge in [-0.3, -0.25) is 22.8 Å². The zero-order chi connectivity index (χ0) is 37.0. The highest BCUT2D eigenvalue weighted by molar-refractivity contribution is 7.86. The molecular formula is C40H40BF2N5O3S. The molecule has 3 aromatic heterocycles. The maximum atomic E-state index is 15.3. The van der Waals surface area contributed by atoms with Gasteiger partial charge < -0.3 is 9.38 Å². The molecule has 1 aliphatic rings. The summed E-state index contributed by atoms with van der Waals surface area (Å²) in [4.78, 5) is 16.2. The second-order valence-electron chi connectivity index (χ2n) is 13.9. The summed E-state index contributed by atoms with van der Waals surface area (Å²) < 4.78 is 62.5. The van der Waals surface area contributed by atoms with Crippen molar-refractivity contribution in [3.63, 3.8) is 0 Å². The predicted octanol–water partition coefficient (Wildman–Crippen LogP) is 8.52. The summed E-state index contributed by atoms with van der Waals surface area (Å²) in [7, 11) is -6.95. The molecule has 0 amide bonds. The van der Waals surface area contributed by atoms with Gasteiger partial charge in [0.15, 0.2) is 0 Å². The van der Waals surface area contributed by atoms with Gasteiger partial charge in [0.25, 0.3) is 10.1 Å². The number of aryl methyl sites for hydroxylation is 2. The van der Waals surface area contributed by atoms with Crippen LogP contribution in [0, 0.1) is 19.3 Å². The van der Waals surface area contributed by atoms with E-state index in [0.29, 0.717) is 35.8 Å². The number of aromatic nitrogens is 3. The summed E-state index contributed by atoms with van der Waals surface area (Å²) in [5.41, 5.74) is 5.97. The molecule has 8 nitrogen and oxygen atoms in total. The molecule has 0 fully saturated rings. The van der Waals surface area contributed by atoms with E-state index >= 15 is 8.63 Å². The molecule has 2 aromatic carbocycles. The standard InChI is InChI=1S/C40H40BF2N5O3S/c1-28-11-10-12-29(2)38(28)39(34-19-22-37(46-34)47(25-31-13-6-8-23-44-31)26-32-14-7-9-24-45-32)36-21-20-35(48(36)41(42)43)30-15-17-33(18-16-30)52(49,50)51-27-40(3,4)5/h6-24H,25-27H2,1-5H3/b39-34-. The molecule has 0 unspecified atom stereocenters. The number of hydrogen-bond donors (Lipinski definition) is 0. The van der Waals surface area contributed by atoms with Crippen molar-refractivity contribution in [1.82, 2.24) is 19.3 Å². The molecule has 0 N–H and O–H groups in total. The maximum absolute atomic E-state index is 15.3. The Hall–Kier alpha value is -5.20. The van der Waals surface area contributed by atoms with E-state index in [1.165, 1.54) is 24.3 Å². The number of rotatable bonds is 11. The van der Waals surface area contributed by atoms with E-state index in [0.717, 1.165) is 32.6 Å². The van der Waals surface area contributed by atoms with Gasteiger partial charge in [-0.05, 0) is 102 Å². The predicted molar refractivity (Wildman–Crippen MR) is 202 cm³/mol. The zero-order valence-electron chi connectivity index (χ0n) is 29.8. The van der Waals surface area contributed by atoms with Crippen molar-refractivity contribution in [2.75, 3.05) is 6.61 Å². The SMILES string of the molecule is Cc1cccc(C)c1/C(=C1/C=CC(N(Cc2ccccn2)Cc2ccccn2)=N1)c1ccc(-c2ccc(S(=O)(=O)OCC(C)(C)C)cc2)n1B(F)F. The van der Waals surface area contributed by atoms with Gasteiger partial charge in [-0.15, -0.1) is 0 Å². The van der Waals surface area contributed by atoms with Crippen LogP contribution < -0.4 is 0 Å². The molecule has 0 aliphatic carbocycles. The summed E-state index contributed by atoms with van der Waals surface area (Å²) in [5.74, 6) is 0.649. The number of pyridine rings is 2. The molecule has 5 aromatic rings. The number of nitrogens with zero attached hydrogens (tertiary/aromatic N) is 5. The van der Waals surface area contributed by atoms with Gasteiger partial charge in [0.1, 0.15) is 5.84 Å². The molecule has 52 heavy (non-hydrogen) atoms. The lowest BCUT2D eigenvalue weighted by molar-refractivity contribution is 0.203. The second-order valence-corrected chi connectivity index (χ2v) is 15.5. The highest BCUT2D eigenvalue weighted by Crippen LogP contribution is 2.38. The van der Waals surface area contributed by atoms with E-state index in [4.69, 9.17) is 9.18 Å². The molecule has 0 bridgehead atoms. The van der Waals surface area contributed by atoms with Gasteiger partial charge >= 0.3 is 7.40 Å². The Morgan fingerprint density at radius 1 is 0.808 bits per heavy atom. The molecule has 12 heteroatoms. The topological polar surface area (TPSA) is 89.7 Å². The molecule has 266 valence electrons. The third-order valence-electron chi connectivity index (χ3n) is 8.55. The Balaban J connectivity index is 1.46. The van der Waals surface area contributed by atoms with Gasteiger partial charge in [-0.25, -0.2) is 4.99 Å². The van der Waals surface area contributed by atoms with Gasteiger partial charge in [-0.2, -0.15) is 8.42 Å². The monoisotopic (exact) mass is 719 g/mol. The number of halogens is 2. The van der Waals surface area contributed by atoms with Crippen molar-refractivity contribution in [1.29, 1.82) is 0 Å². The van der Waals surface area contributed by atoms with Gasteiger partial charge in [0.05, 0.1) is 41.7 Å². The number of benzene rings is 2. The van der Waals surface area contributed by atoms with Crippen LogP contribution in [0.2, 0.25) is 0 Å². The molecule has 4 heterocycles. The molecule has 6 rings (SSSR count). The Morgan fingerprint density at radius 3 is 1.96 bits per heavy atom. The Kier molecular flexibility index (Phi) is 10.7. The van der Waals surface area contributed by atoms with Gasteiger partial charge in [-0.1, -0.05) is 63.2 Å². The number of hydrogen-bond acceptors (Lipinski definition) is 7. The average molecular weight is 720 g/mol. The minimum atomic E-state index is -4.03. The third kappa shape index (κ3) is 8.30. The summed E-state index contributed by atoms with van der Waals surface area (Å²) in [6.45, 7) is 10.4. The van der Waals surface area contributed by atoms with Crippen molar-refractivity contribution in [2.45, 2.75) is 52.6 Å². The van der Waals surface area contributed by atoms with Gasteiger partial charge in [0, 0.05) is 29.4 Å². The zero-order valence-corrected chi connectivity index (χ0v) is 30.6. The second kappa shape index (κ2) is 15.2. The van der Waals surface area contributed by atoms with E-state index in [-0.39, 0.29) is 28.3 Å². The van der Waals surface area contributed by atoms with Crippen molar-refractivity contribution >= 4 is 28.9 Å². The first-order valence-electron chi connectivity index (χ1n) is 16.9. The van der Waals surface area contributed by atoms with Crippen LogP contribution in [-0.4, -0.2) is 47.6 Å². The summed E-state index contributed by atoms with van der Waals surface area (Å²) in [6.07, 6.45) is 7.25. The van der Waals surface area contributed by atoms with E-state index in [1.54, 1.807) is 24.5 Å². The minimum absolute atomic E-state index is 0.00708. The lowest BCUT2D eigenvalue weighted by atomic mass is 9.91. The average Bonchev–Trinajstić information content (AvgIpc) is 3.78. The Morgan fingerprint density at radius 2 is 1.42 bits per heavy atom. The normalized spacial score (nSPS) is 14.0. The lowest BCUT2D eigenvalue weighted by Crippen LogP contribution is -2.28. The smallest absolute Gasteiger partial charge is 0.345 e. The van der Waals surface area contributed by atoms with Crippen LogP contribution in [0.1, 0.15) is 54.5 Å². The van der Waals surface area contributed by atoms with Crippen LogP contribution in [-0.2, 0) is 27.4 Å². The lowest BCUT2D eigenvalue weighted by Gasteiger charge is -2.23. The summed E-state index contributed by atoms with van der Waals surface area (Å²) in [6, 6.07) is 26.5. The first-order valence-corrected chi connectivity index (χ1v) is 18.3. The van der Waals surface area contributed by atoms with Gasteiger partial charge in [0.2, 0.25) is 0 Å². The third-order valence-corrected chi connectivity index (χ3v) is 9.83. The number of aliphatic imine (C=N–C) groups is 1. The minimum Gasteiger partial charge on any atom is -0.345 e. The van der Waals surface area contributed by atoms with Crippen LogP contribution in [0.25, 0.3) is 16.8 Å². The summed E-state index contributed by atoms with van der Waals surface area (Å²) in [5, 5.41) is 0. The fraction of sp³-hybridized carbons (Fsp3) is 0.225. The van der Waals surface area contributed by atoms with E-state index < -0.39 is 17.5 Å². The number of allylic oxidation sites excluding steroid dienone is 1. The van der Waals surface area contributed by atoms with Crippen LogP contribution in [0.4, 0.5) is 8.63 Å². The van der Waals surface area contributed by atoms with Crippen molar-refractivity contribution in [3.8, 4) is 11.3 Å². The van der Waals surface area contributed by atoms with E-state index in [9.17, 15) is 8.42 Å². The van der Waals surface area contributed by atoms with Crippen LogP contribution in [0.3, 0.4) is 0 Å². The molecule has 0 saturated carbocycles. The Bertz CT molecular complexity index is 2190. The maximum Gasteiger partial charge on any atom is 0.678 e. The molecule has 1 aliphatic heterocycles. The van der Waals surface area contributed by atoms with E-state index in [2.05, 4.69) is 14.9 Å². The quantitative estimate of drug-likeness (QED) is 0.101. The van der Waals surface area contributed by atoms with Crippen molar-refractivity contribution < 1.29 is 21.2 Å². The highest BCUT2D eigenvalue weighted by atomic mass is 32.2. The summed E-state index contributed by atoms with van der Waals surface area (Å²) >= 11 is 0. The molecule has 0 saturated heterocycles. The van der Waals surface area contributed by atoms with E-state index in [1.807, 2.05) is 101 Å². The van der Waals surface area contributed by atoms with Crippen LogP contribution >= 0.6 is 0 Å². The molecule has 0 atom stereocenters. The van der Waals surface area contributed by atoms with Crippen LogP contribution in [0.15, 0.2) is 131 Å². The molecule has 0 spiro atoms. The van der Waals surface area contributed by atoms with Crippen molar-refractivity contribution in [3.05, 3.63) is 155 Å². The molecular weight excluding hydrogens is 679 g/mol. The fourth-order valence-electron chi connectivity index (χ4n) is 6.07. The largest absolute Gasteiger partial charge is 0.678 e. The number of amidine groups is 1. The van der Waals surface area contributed by atoms with Crippen molar-refractivity contribution in [2.24, 2.45) is 10.4 Å². The first-order chi connectivity index (χ1) is 24.8. The molecule has 0 radical (unpaired) electrons. The first kappa shape index (κ1) is 36.6. The fourth-order valence-corrected chi connectivity index (χ4v) is 7.18.